The van der Waals surface area contributed by atoms with Gasteiger partial charge in [-0.25, -0.2) is 8.42 Å². The maximum atomic E-state index is 12.5. The second kappa shape index (κ2) is 8.07. The molecule has 1 saturated heterocycles. The lowest BCUT2D eigenvalue weighted by atomic mass is 10.3. The highest BCUT2D eigenvalue weighted by Gasteiger charge is 2.22. The van der Waals surface area contributed by atoms with Crippen molar-refractivity contribution in [1.82, 2.24) is 10.2 Å². The number of anilines is 1. The van der Waals surface area contributed by atoms with Crippen molar-refractivity contribution < 1.29 is 17.9 Å². The Morgan fingerprint density at radius 2 is 1.92 bits per heavy atom. The quantitative estimate of drug-likeness (QED) is 0.800. The summed E-state index contributed by atoms with van der Waals surface area (Å²) in [5.74, 6) is 0.479. The molecule has 0 atom stereocenters. The van der Waals surface area contributed by atoms with Gasteiger partial charge in [0, 0.05) is 33.2 Å². The number of carbonyl (C=O) groups is 1. The fourth-order valence-electron chi connectivity index (χ4n) is 2.59. The first-order chi connectivity index (χ1) is 12.5. The first-order valence-electron chi connectivity index (χ1n) is 8.22. The highest BCUT2D eigenvalue weighted by atomic mass is 32.2. The van der Waals surface area contributed by atoms with E-state index in [1.807, 2.05) is 0 Å². The maximum Gasteiger partial charge on any atom is 0.273 e. The van der Waals surface area contributed by atoms with Gasteiger partial charge in [-0.05, 0) is 35.7 Å². The van der Waals surface area contributed by atoms with Crippen molar-refractivity contribution in [3.63, 3.8) is 0 Å². The van der Waals surface area contributed by atoms with E-state index in [-0.39, 0.29) is 12.5 Å². The minimum Gasteiger partial charge on any atom is -0.484 e. The second-order valence-electron chi connectivity index (χ2n) is 5.82. The summed E-state index contributed by atoms with van der Waals surface area (Å²) in [4.78, 5) is 13.9. The molecule has 0 saturated carbocycles. The van der Waals surface area contributed by atoms with Crippen molar-refractivity contribution in [1.29, 1.82) is 0 Å². The van der Waals surface area contributed by atoms with E-state index in [0.717, 1.165) is 13.1 Å². The normalized spacial score (nSPS) is 14.9. The van der Waals surface area contributed by atoms with Crippen LogP contribution in [0.1, 0.15) is 0 Å². The average Bonchev–Trinajstić information content (AvgIpc) is 3.22. The molecule has 1 aliphatic heterocycles. The lowest BCUT2D eigenvalue weighted by Gasteiger charge is -2.27. The number of nitrogens with zero attached hydrogens (tertiary/aromatic N) is 2. The summed E-state index contributed by atoms with van der Waals surface area (Å²) in [5.41, 5.74) is 0.527. The van der Waals surface area contributed by atoms with Crippen molar-refractivity contribution in [2.24, 2.45) is 0 Å². The van der Waals surface area contributed by atoms with Gasteiger partial charge in [0.15, 0.2) is 6.61 Å². The molecule has 1 aromatic carbocycles. The molecule has 9 heteroatoms. The van der Waals surface area contributed by atoms with Crippen LogP contribution in [-0.4, -0.2) is 59.1 Å². The van der Waals surface area contributed by atoms with Crippen LogP contribution in [0.3, 0.4) is 0 Å². The zero-order valence-electron chi connectivity index (χ0n) is 14.4. The highest BCUT2D eigenvalue weighted by Crippen LogP contribution is 2.26. The van der Waals surface area contributed by atoms with E-state index in [9.17, 15) is 13.2 Å². The topological polar surface area (TPSA) is 79.0 Å². The molecule has 2 heterocycles. The highest BCUT2D eigenvalue weighted by molar-refractivity contribution is 7.94. The predicted molar refractivity (Wildman–Crippen MR) is 101 cm³/mol. The van der Waals surface area contributed by atoms with Crippen LogP contribution in [0.2, 0.25) is 0 Å². The Bertz CT molecular complexity index is 829. The van der Waals surface area contributed by atoms with Gasteiger partial charge in [-0.1, -0.05) is 6.07 Å². The number of thiophene rings is 1. The Balaban J connectivity index is 1.60. The Kier molecular flexibility index (Phi) is 5.80. The number of nitrogens with one attached hydrogen (secondary N) is 1. The van der Waals surface area contributed by atoms with Gasteiger partial charge in [0.2, 0.25) is 0 Å². The molecular weight excluding hydrogens is 374 g/mol. The molecule has 3 rings (SSSR count). The molecule has 1 N–H and O–H groups in total. The summed E-state index contributed by atoms with van der Waals surface area (Å²) >= 11 is 1.18. The van der Waals surface area contributed by atoms with E-state index >= 15 is 0 Å². The molecule has 0 radical (unpaired) electrons. The van der Waals surface area contributed by atoms with Crippen LogP contribution in [0.15, 0.2) is 46.0 Å². The van der Waals surface area contributed by atoms with Crippen molar-refractivity contribution in [2.75, 3.05) is 44.1 Å². The van der Waals surface area contributed by atoms with Crippen LogP contribution in [0.5, 0.6) is 5.75 Å². The van der Waals surface area contributed by atoms with Gasteiger partial charge in [0.05, 0.1) is 5.69 Å². The van der Waals surface area contributed by atoms with Crippen LogP contribution < -0.4 is 14.4 Å². The smallest absolute Gasteiger partial charge is 0.273 e. The molecule has 1 aliphatic rings. The number of sulfonamides is 1. The summed E-state index contributed by atoms with van der Waals surface area (Å²) in [7, 11) is -2.04. The number of ether oxygens (including phenoxy) is 1. The lowest BCUT2D eigenvalue weighted by molar-refractivity contribution is -0.133. The maximum absolute atomic E-state index is 12.5. The van der Waals surface area contributed by atoms with E-state index < -0.39 is 10.0 Å². The molecule has 1 aromatic heterocycles. The van der Waals surface area contributed by atoms with Gasteiger partial charge < -0.3 is 15.0 Å². The van der Waals surface area contributed by atoms with Gasteiger partial charge >= 0.3 is 0 Å². The molecule has 7 nitrogen and oxygen atoms in total. The van der Waals surface area contributed by atoms with Crippen molar-refractivity contribution in [3.05, 3.63) is 41.8 Å². The molecule has 0 bridgehead atoms. The fraction of sp³-hybridized carbons (Fsp3) is 0.353. The molecule has 1 amide bonds. The number of hydrogen-bond acceptors (Lipinski definition) is 6. The number of amides is 1. The molecule has 1 fully saturated rings. The Morgan fingerprint density at radius 1 is 1.23 bits per heavy atom. The summed E-state index contributed by atoms with van der Waals surface area (Å²) in [6.45, 7) is 2.94. The third kappa shape index (κ3) is 4.17. The van der Waals surface area contributed by atoms with E-state index in [0.29, 0.717) is 28.7 Å². The molecule has 0 spiro atoms. The largest absolute Gasteiger partial charge is 0.484 e. The Morgan fingerprint density at radius 3 is 2.54 bits per heavy atom. The summed E-state index contributed by atoms with van der Waals surface area (Å²) < 4.78 is 32.1. The molecule has 2 aromatic rings. The lowest BCUT2D eigenvalue weighted by Crippen LogP contribution is -2.47. The third-order valence-electron chi connectivity index (χ3n) is 4.14. The third-order valence-corrected chi connectivity index (χ3v) is 7.30. The minimum absolute atomic E-state index is 0.0251. The van der Waals surface area contributed by atoms with Crippen LogP contribution in [0.4, 0.5) is 5.69 Å². The Labute approximate surface area is 157 Å². The molecule has 0 aliphatic carbocycles. The fourth-order valence-corrected chi connectivity index (χ4v) is 4.94. The van der Waals surface area contributed by atoms with Crippen LogP contribution >= 0.6 is 11.3 Å². The van der Waals surface area contributed by atoms with E-state index in [1.54, 1.807) is 46.7 Å². The van der Waals surface area contributed by atoms with E-state index in [2.05, 4.69) is 5.32 Å². The molecule has 26 heavy (non-hydrogen) atoms. The summed E-state index contributed by atoms with van der Waals surface area (Å²) in [6.07, 6.45) is 0. The van der Waals surface area contributed by atoms with E-state index in [1.165, 1.54) is 22.7 Å². The van der Waals surface area contributed by atoms with Gasteiger partial charge in [0.1, 0.15) is 9.96 Å². The number of carbonyl (C=O) groups excluding carboxylic acids is 1. The summed E-state index contributed by atoms with van der Waals surface area (Å²) in [6, 6.07) is 9.95. The second-order valence-corrected chi connectivity index (χ2v) is 8.96. The van der Waals surface area contributed by atoms with Gasteiger partial charge in [0.25, 0.3) is 15.9 Å². The molecular formula is C17H21N3O4S2. The van der Waals surface area contributed by atoms with Crippen molar-refractivity contribution >= 4 is 33.0 Å². The van der Waals surface area contributed by atoms with Crippen molar-refractivity contribution in [2.45, 2.75) is 4.21 Å². The monoisotopic (exact) mass is 395 g/mol. The average molecular weight is 396 g/mol. The predicted octanol–water partition coefficient (Wildman–Crippen LogP) is 1.38. The number of piperazine rings is 1. The van der Waals surface area contributed by atoms with Crippen LogP contribution in [-0.2, 0) is 14.8 Å². The van der Waals surface area contributed by atoms with Gasteiger partial charge in [-0.2, -0.15) is 0 Å². The SMILES string of the molecule is CN(c1ccc(OCC(=O)N2CCNCC2)cc1)S(=O)(=O)c1cccs1. The Hall–Kier alpha value is -2.10. The van der Waals surface area contributed by atoms with Crippen molar-refractivity contribution in [3.8, 4) is 5.75 Å². The number of hydrogen-bond donors (Lipinski definition) is 1. The van der Waals surface area contributed by atoms with Gasteiger partial charge in [-0.15, -0.1) is 11.3 Å². The molecule has 0 unspecified atom stereocenters. The minimum atomic E-state index is -3.56. The molecule has 140 valence electrons. The van der Waals surface area contributed by atoms with E-state index in [4.69, 9.17) is 4.74 Å². The number of benzene rings is 1. The standard InChI is InChI=1S/C17H21N3O4S2/c1-19(26(22,23)17-3-2-12-25-17)14-4-6-15(7-5-14)24-13-16(21)20-10-8-18-9-11-20/h2-7,12,18H,8-11,13H2,1H3. The first kappa shape index (κ1) is 18.7. The first-order valence-corrected chi connectivity index (χ1v) is 10.5. The van der Waals surface area contributed by atoms with Crippen LogP contribution in [0, 0.1) is 0 Å². The van der Waals surface area contributed by atoms with Crippen LogP contribution in [0.25, 0.3) is 0 Å². The summed E-state index contributed by atoms with van der Waals surface area (Å²) in [5, 5.41) is 4.92. The zero-order valence-corrected chi connectivity index (χ0v) is 16.1. The zero-order chi connectivity index (χ0) is 18.6. The van der Waals surface area contributed by atoms with Gasteiger partial charge in [-0.3, -0.25) is 9.10 Å². The number of rotatable bonds is 6.